The van der Waals surface area contributed by atoms with Crippen LogP contribution in [-0.4, -0.2) is 40.5 Å². The van der Waals surface area contributed by atoms with Crippen molar-refractivity contribution in [1.82, 2.24) is 20.3 Å². The lowest BCUT2D eigenvalue weighted by atomic mass is 9.96. The molecule has 0 spiro atoms. The van der Waals surface area contributed by atoms with Crippen molar-refractivity contribution in [1.29, 1.82) is 0 Å². The summed E-state index contributed by atoms with van der Waals surface area (Å²) in [6.45, 7) is 6.65. The zero-order valence-corrected chi connectivity index (χ0v) is 15.3. The Bertz CT molecular complexity index is 932. The van der Waals surface area contributed by atoms with Crippen molar-refractivity contribution < 1.29 is 4.79 Å². The van der Waals surface area contributed by atoms with E-state index in [-0.39, 0.29) is 11.8 Å². The molecule has 0 saturated carbocycles. The SMILES string of the molecule is CC(C)CNC(=O)C1CCCN(c2cncc3cnc4[nH]ccc4c23)C1. The monoisotopic (exact) mass is 351 g/mol. The summed E-state index contributed by atoms with van der Waals surface area (Å²) in [4.78, 5) is 26.9. The first kappa shape index (κ1) is 16.8. The van der Waals surface area contributed by atoms with E-state index >= 15 is 0 Å². The quantitative estimate of drug-likeness (QED) is 0.757. The Hall–Kier alpha value is -2.63. The molecule has 0 aliphatic carbocycles. The van der Waals surface area contributed by atoms with Crippen molar-refractivity contribution in [3.63, 3.8) is 0 Å². The molecule has 26 heavy (non-hydrogen) atoms. The van der Waals surface area contributed by atoms with Gasteiger partial charge in [-0.05, 0) is 24.8 Å². The van der Waals surface area contributed by atoms with E-state index in [1.807, 2.05) is 24.8 Å². The second-order valence-corrected chi connectivity index (χ2v) is 7.55. The summed E-state index contributed by atoms with van der Waals surface area (Å²) in [5, 5.41) is 6.38. The van der Waals surface area contributed by atoms with Crippen molar-refractivity contribution in [2.75, 3.05) is 24.5 Å². The Balaban J connectivity index is 1.65. The predicted molar refractivity (Wildman–Crippen MR) is 104 cm³/mol. The molecule has 1 aliphatic rings. The number of pyridine rings is 2. The largest absolute Gasteiger partial charge is 0.369 e. The van der Waals surface area contributed by atoms with Crippen LogP contribution in [-0.2, 0) is 4.79 Å². The molecule has 136 valence electrons. The van der Waals surface area contributed by atoms with Crippen molar-refractivity contribution in [2.45, 2.75) is 26.7 Å². The number of amides is 1. The van der Waals surface area contributed by atoms with Crippen molar-refractivity contribution >= 4 is 33.4 Å². The molecular formula is C20H25N5O. The summed E-state index contributed by atoms with van der Waals surface area (Å²) in [7, 11) is 0. The zero-order chi connectivity index (χ0) is 18.1. The van der Waals surface area contributed by atoms with E-state index in [0.29, 0.717) is 5.92 Å². The van der Waals surface area contributed by atoms with Crippen LogP contribution < -0.4 is 10.2 Å². The number of carbonyl (C=O) groups excluding carboxylic acids is 1. The van der Waals surface area contributed by atoms with Gasteiger partial charge in [0.1, 0.15) is 5.65 Å². The van der Waals surface area contributed by atoms with Crippen LogP contribution in [0.15, 0.2) is 30.9 Å². The minimum absolute atomic E-state index is 0.0290. The third kappa shape index (κ3) is 3.11. The van der Waals surface area contributed by atoms with Crippen molar-refractivity contribution in [2.24, 2.45) is 11.8 Å². The number of aromatic nitrogens is 3. The third-order valence-electron chi connectivity index (χ3n) is 5.10. The van der Waals surface area contributed by atoms with Gasteiger partial charge in [-0.25, -0.2) is 4.98 Å². The van der Waals surface area contributed by atoms with Gasteiger partial charge in [-0.15, -0.1) is 0 Å². The Morgan fingerprint density at radius 3 is 3.12 bits per heavy atom. The van der Waals surface area contributed by atoms with Crippen LogP contribution in [0, 0.1) is 11.8 Å². The van der Waals surface area contributed by atoms with Gasteiger partial charge in [0.05, 0.1) is 17.8 Å². The third-order valence-corrected chi connectivity index (χ3v) is 5.10. The first-order chi connectivity index (χ1) is 12.6. The molecule has 4 heterocycles. The van der Waals surface area contributed by atoms with Gasteiger partial charge in [-0.2, -0.15) is 0 Å². The fraction of sp³-hybridized carbons (Fsp3) is 0.450. The number of H-pyrrole nitrogens is 1. The van der Waals surface area contributed by atoms with Gasteiger partial charge in [0.2, 0.25) is 5.91 Å². The van der Waals surface area contributed by atoms with Gasteiger partial charge in [-0.3, -0.25) is 9.78 Å². The van der Waals surface area contributed by atoms with E-state index in [2.05, 4.69) is 45.1 Å². The van der Waals surface area contributed by atoms with Crippen LogP contribution in [0.4, 0.5) is 5.69 Å². The molecule has 0 aromatic carbocycles. The topological polar surface area (TPSA) is 73.9 Å². The minimum atomic E-state index is 0.0290. The van der Waals surface area contributed by atoms with Crippen LogP contribution in [0.2, 0.25) is 0 Å². The highest BCUT2D eigenvalue weighted by Crippen LogP contribution is 2.33. The van der Waals surface area contributed by atoms with E-state index < -0.39 is 0 Å². The second kappa shape index (κ2) is 6.94. The van der Waals surface area contributed by atoms with E-state index in [1.165, 1.54) is 0 Å². The molecule has 4 rings (SSSR count). The van der Waals surface area contributed by atoms with Gasteiger partial charge in [-0.1, -0.05) is 13.8 Å². The van der Waals surface area contributed by atoms with Crippen LogP contribution in [0.1, 0.15) is 26.7 Å². The molecule has 1 amide bonds. The van der Waals surface area contributed by atoms with Crippen LogP contribution >= 0.6 is 0 Å². The summed E-state index contributed by atoms with van der Waals surface area (Å²) in [5.74, 6) is 0.668. The van der Waals surface area contributed by atoms with Gasteiger partial charge < -0.3 is 15.2 Å². The molecule has 1 atom stereocenters. The van der Waals surface area contributed by atoms with Gasteiger partial charge in [0.25, 0.3) is 0 Å². The zero-order valence-electron chi connectivity index (χ0n) is 15.3. The van der Waals surface area contributed by atoms with Crippen LogP contribution in [0.25, 0.3) is 21.8 Å². The highest BCUT2D eigenvalue weighted by Gasteiger charge is 2.27. The lowest BCUT2D eigenvalue weighted by molar-refractivity contribution is -0.125. The van der Waals surface area contributed by atoms with Gasteiger partial charge in [0, 0.05) is 54.4 Å². The molecule has 3 aromatic rings. The predicted octanol–water partition coefficient (Wildman–Crippen LogP) is 3.10. The van der Waals surface area contributed by atoms with E-state index in [9.17, 15) is 4.79 Å². The number of nitrogens with zero attached hydrogens (tertiary/aromatic N) is 3. The molecule has 1 fully saturated rings. The van der Waals surface area contributed by atoms with Gasteiger partial charge in [0.15, 0.2) is 0 Å². The highest BCUT2D eigenvalue weighted by molar-refractivity contribution is 6.11. The number of aromatic amines is 1. The molecule has 0 bridgehead atoms. The Labute approximate surface area is 153 Å². The van der Waals surface area contributed by atoms with E-state index in [0.717, 1.165) is 60.0 Å². The number of piperidine rings is 1. The minimum Gasteiger partial charge on any atom is -0.369 e. The number of fused-ring (bicyclic) bond motifs is 3. The molecule has 2 N–H and O–H groups in total. The number of nitrogens with one attached hydrogen (secondary N) is 2. The van der Waals surface area contributed by atoms with Crippen LogP contribution in [0.5, 0.6) is 0 Å². The molecule has 0 radical (unpaired) electrons. The number of rotatable bonds is 4. The average Bonchev–Trinajstić information content (AvgIpc) is 3.14. The summed E-state index contributed by atoms with van der Waals surface area (Å²) in [6, 6.07) is 2.06. The molecule has 1 saturated heterocycles. The van der Waals surface area contributed by atoms with Crippen molar-refractivity contribution in [3.8, 4) is 0 Å². The molecule has 6 nitrogen and oxygen atoms in total. The van der Waals surface area contributed by atoms with Gasteiger partial charge >= 0.3 is 0 Å². The smallest absolute Gasteiger partial charge is 0.224 e. The number of hydrogen-bond donors (Lipinski definition) is 2. The molecule has 6 heteroatoms. The normalized spacial score (nSPS) is 18.0. The number of anilines is 1. The Kier molecular flexibility index (Phi) is 4.49. The van der Waals surface area contributed by atoms with Crippen LogP contribution in [0.3, 0.4) is 0 Å². The maximum absolute atomic E-state index is 12.5. The fourth-order valence-corrected chi connectivity index (χ4v) is 3.76. The first-order valence-corrected chi connectivity index (χ1v) is 9.36. The highest BCUT2D eigenvalue weighted by atomic mass is 16.1. The molecule has 1 aliphatic heterocycles. The second-order valence-electron chi connectivity index (χ2n) is 7.55. The Morgan fingerprint density at radius 2 is 2.27 bits per heavy atom. The maximum atomic E-state index is 12.5. The summed E-state index contributed by atoms with van der Waals surface area (Å²) >= 11 is 0. The standard InChI is InChI=1S/C20H25N5O/c1-13(2)8-24-20(26)14-4-3-7-25(12-14)17-11-21-9-15-10-23-19-16(18(15)17)5-6-22-19/h5-6,9-11,13-14H,3-4,7-8,12H2,1-2H3,(H,22,23)(H,24,26). The average molecular weight is 351 g/mol. The Morgan fingerprint density at radius 1 is 1.38 bits per heavy atom. The molecular weight excluding hydrogens is 326 g/mol. The molecule has 3 aromatic heterocycles. The summed E-state index contributed by atoms with van der Waals surface area (Å²) in [6.07, 6.45) is 9.51. The number of hydrogen-bond acceptors (Lipinski definition) is 4. The van der Waals surface area contributed by atoms with Crippen molar-refractivity contribution in [3.05, 3.63) is 30.9 Å². The van der Waals surface area contributed by atoms with E-state index in [1.54, 1.807) is 0 Å². The molecule has 1 unspecified atom stereocenters. The fourth-order valence-electron chi connectivity index (χ4n) is 3.76. The number of carbonyl (C=O) groups is 1. The summed E-state index contributed by atoms with van der Waals surface area (Å²) < 4.78 is 0. The summed E-state index contributed by atoms with van der Waals surface area (Å²) in [5.41, 5.74) is 1.98. The lowest BCUT2D eigenvalue weighted by Crippen LogP contribution is -2.44. The lowest BCUT2D eigenvalue weighted by Gasteiger charge is -2.34. The first-order valence-electron chi connectivity index (χ1n) is 9.36. The maximum Gasteiger partial charge on any atom is 0.224 e. The van der Waals surface area contributed by atoms with E-state index in [4.69, 9.17) is 0 Å².